The Morgan fingerprint density at radius 3 is 1.92 bits per heavy atom. The highest BCUT2D eigenvalue weighted by atomic mass is 16.4. The van der Waals surface area contributed by atoms with Crippen LogP contribution in [-0.4, -0.2) is 76.5 Å². The summed E-state index contributed by atoms with van der Waals surface area (Å²) in [5, 5.41) is 25.5. The summed E-state index contributed by atoms with van der Waals surface area (Å²) in [6.07, 6.45) is 0.673. The number of carboxylic acid groups (broad SMARTS) is 2. The molecule has 0 bridgehead atoms. The van der Waals surface area contributed by atoms with Gasteiger partial charge in [0.05, 0.1) is 6.04 Å². The minimum Gasteiger partial charge on any atom is -0.481 e. The van der Waals surface area contributed by atoms with Crippen LogP contribution < -0.4 is 33.2 Å². The molecule has 0 fully saturated rings. The second kappa shape index (κ2) is 17.2. The minimum atomic E-state index is -1.30. The third-order valence-electron chi connectivity index (χ3n) is 5.67. The van der Waals surface area contributed by atoms with Gasteiger partial charge in [-0.3, -0.25) is 24.0 Å². The number of primary amides is 1. The van der Waals surface area contributed by atoms with Crippen molar-refractivity contribution < 1.29 is 39.0 Å². The molecule has 14 heteroatoms. The summed E-state index contributed by atoms with van der Waals surface area (Å²) >= 11 is 0. The molecule has 0 aromatic carbocycles. The summed E-state index contributed by atoms with van der Waals surface area (Å²) < 4.78 is 0. The molecular formula is C22H40N6O8. The number of carbonyl (C=O) groups is 6. The van der Waals surface area contributed by atoms with Crippen molar-refractivity contribution in [2.24, 2.45) is 23.1 Å². The first-order valence-electron chi connectivity index (χ1n) is 11.9. The van der Waals surface area contributed by atoms with Crippen molar-refractivity contribution in [2.45, 2.75) is 89.4 Å². The van der Waals surface area contributed by atoms with Gasteiger partial charge in [0.2, 0.25) is 23.6 Å². The summed E-state index contributed by atoms with van der Waals surface area (Å²) in [7, 11) is 0. The van der Waals surface area contributed by atoms with E-state index in [-0.39, 0.29) is 32.1 Å². The van der Waals surface area contributed by atoms with Crippen LogP contribution in [0.25, 0.3) is 0 Å². The molecule has 4 amide bonds. The van der Waals surface area contributed by atoms with Crippen LogP contribution in [0.5, 0.6) is 0 Å². The van der Waals surface area contributed by atoms with Crippen LogP contribution in [0.3, 0.4) is 0 Å². The maximum atomic E-state index is 13.1. The van der Waals surface area contributed by atoms with Crippen LogP contribution >= 0.6 is 0 Å². The summed E-state index contributed by atoms with van der Waals surface area (Å²) in [6.45, 7) is 3.82. The Morgan fingerprint density at radius 1 is 0.806 bits per heavy atom. The molecule has 206 valence electrons. The molecule has 0 aliphatic carbocycles. The van der Waals surface area contributed by atoms with Crippen molar-refractivity contribution in [3.05, 3.63) is 0 Å². The average molecular weight is 517 g/mol. The van der Waals surface area contributed by atoms with Gasteiger partial charge in [0, 0.05) is 12.8 Å². The van der Waals surface area contributed by atoms with Crippen molar-refractivity contribution in [1.29, 1.82) is 0 Å². The molecule has 0 aromatic heterocycles. The molecule has 0 saturated carbocycles. The molecule has 0 aromatic rings. The van der Waals surface area contributed by atoms with Crippen molar-refractivity contribution in [2.75, 3.05) is 6.54 Å². The van der Waals surface area contributed by atoms with E-state index < -0.39 is 65.7 Å². The lowest BCUT2D eigenvalue weighted by molar-refractivity contribution is -0.143. The Labute approximate surface area is 210 Å². The summed E-state index contributed by atoms with van der Waals surface area (Å²) in [6, 6.07) is -4.82. The third kappa shape index (κ3) is 13.0. The summed E-state index contributed by atoms with van der Waals surface area (Å²) in [5.74, 6) is -5.82. The Balaban J connectivity index is 5.56. The molecule has 14 nitrogen and oxygen atoms in total. The van der Waals surface area contributed by atoms with Crippen molar-refractivity contribution >= 4 is 35.6 Å². The van der Waals surface area contributed by atoms with Gasteiger partial charge in [-0.15, -0.1) is 0 Å². The number of hydrogen-bond acceptors (Lipinski definition) is 8. The van der Waals surface area contributed by atoms with Crippen LogP contribution in [-0.2, 0) is 28.8 Å². The van der Waals surface area contributed by atoms with E-state index in [1.165, 1.54) is 0 Å². The lowest BCUT2D eigenvalue weighted by Gasteiger charge is -2.28. The zero-order chi connectivity index (χ0) is 27.8. The van der Waals surface area contributed by atoms with Gasteiger partial charge in [0.15, 0.2) is 0 Å². The standard InChI is InChI=1S/C22H40N6O8/c1-3-12(2)18(28-19(32)13(24)7-10-17(30)31)21(34)26-14(8-9-16(25)29)20(33)27-15(22(35)36)6-4-5-11-23/h12-15,18H,3-11,23-24H2,1-2H3,(H2,25,29)(H,26,34)(H,27,33)(H,28,32)(H,30,31)(H,35,36). The van der Waals surface area contributed by atoms with E-state index in [0.29, 0.717) is 25.8 Å². The van der Waals surface area contributed by atoms with Crippen molar-refractivity contribution in [3.8, 4) is 0 Å². The first-order valence-corrected chi connectivity index (χ1v) is 11.9. The second-order valence-corrected chi connectivity index (χ2v) is 8.66. The van der Waals surface area contributed by atoms with E-state index in [2.05, 4.69) is 16.0 Å². The highest BCUT2D eigenvalue weighted by molar-refractivity contribution is 5.94. The van der Waals surface area contributed by atoms with Gasteiger partial charge >= 0.3 is 11.9 Å². The predicted octanol–water partition coefficient (Wildman–Crippen LogP) is -1.84. The molecule has 5 atom stereocenters. The molecule has 5 unspecified atom stereocenters. The molecule has 0 radical (unpaired) electrons. The van der Waals surface area contributed by atoms with E-state index in [4.69, 9.17) is 22.3 Å². The van der Waals surface area contributed by atoms with E-state index in [0.717, 1.165) is 0 Å². The molecule has 0 heterocycles. The predicted molar refractivity (Wildman–Crippen MR) is 129 cm³/mol. The summed E-state index contributed by atoms with van der Waals surface area (Å²) in [5.41, 5.74) is 16.3. The van der Waals surface area contributed by atoms with Crippen molar-refractivity contribution in [3.63, 3.8) is 0 Å². The van der Waals surface area contributed by atoms with Gasteiger partial charge in [0.1, 0.15) is 18.1 Å². The molecular weight excluding hydrogens is 476 g/mol. The smallest absolute Gasteiger partial charge is 0.326 e. The van der Waals surface area contributed by atoms with Gasteiger partial charge in [0.25, 0.3) is 0 Å². The topological polar surface area (TPSA) is 257 Å². The Bertz CT molecular complexity index is 778. The molecule has 0 aliphatic heterocycles. The maximum absolute atomic E-state index is 13.1. The zero-order valence-electron chi connectivity index (χ0n) is 20.8. The van der Waals surface area contributed by atoms with E-state index in [9.17, 15) is 33.9 Å². The first-order chi connectivity index (χ1) is 16.8. The number of aliphatic carboxylic acids is 2. The van der Waals surface area contributed by atoms with Gasteiger partial charge in [-0.05, 0) is 44.6 Å². The van der Waals surface area contributed by atoms with Gasteiger partial charge in [-0.2, -0.15) is 0 Å². The quantitative estimate of drug-likeness (QED) is 0.0889. The van der Waals surface area contributed by atoms with E-state index in [1.807, 2.05) is 0 Å². The highest BCUT2D eigenvalue weighted by Gasteiger charge is 2.32. The fourth-order valence-electron chi connectivity index (χ4n) is 3.21. The fraction of sp³-hybridized carbons (Fsp3) is 0.727. The summed E-state index contributed by atoms with van der Waals surface area (Å²) in [4.78, 5) is 72.0. The minimum absolute atomic E-state index is 0.120. The second-order valence-electron chi connectivity index (χ2n) is 8.66. The third-order valence-corrected chi connectivity index (χ3v) is 5.67. The fourth-order valence-corrected chi connectivity index (χ4v) is 3.21. The van der Waals surface area contributed by atoms with E-state index >= 15 is 0 Å². The number of nitrogens with two attached hydrogens (primary N) is 3. The zero-order valence-corrected chi connectivity index (χ0v) is 20.8. The molecule has 0 spiro atoms. The van der Waals surface area contributed by atoms with Gasteiger partial charge < -0.3 is 43.4 Å². The number of nitrogens with one attached hydrogen (secondary N) is 3. The van der Waals surface area contributed by atoms with Crippen LogP contribution in [0.1, 0.15) is 65.2 Å². The SMILES string of the molecule is CCC(C)C(NC(=O)C(N)CCC(=O)O)C(=O)NC(CCC(N)=O)C(=O)NC(CCCCN)C(=O)O. The van der Waals surface area contributed by atoms with E-state index in [1.54, 1.807) is 13.8 Å². The monoisotopic (exact) mass is 516 g/mol. The first kappa shape index (κ1) is 32.7. The molecule has 0 aliphatic rings. The number of amides is 4. The van der Waals surface area contributed by atoms with Gasteiger partial charge in [-0.25, -0.2) is 4.79 Å². The van der Waals surface area contributed by atoms with Crippen LogP contribution in [0, 0.1) is 5.92 Å². The average Bonchev–Trinajstić information content (AvgIpc) is 2.81. The van der Waals surface area contributed by atoms with Crippen LogP contribution in [0.4, 0.5) is 0 Å². The normalized spacial score (nSPS) is 15.0. The lowest BCUT2D eigenvalue weighted by atomic mass is 9.96. The number of carboxylic acids is 2. The number of hydrogen-bond donors (Lipinski definition) is 8. The number of carbonyl (C=O) groups excluding carboxylic acids is 4. The molecule has 0 rings (SSSR count). The van der Waals surface area contributed by atoms with Gasteiger partial charge in [-0.1, -0.05) is 20.3 Å². The number of unbranched alkanes of at least 4 members (excludes halogenated alkanes) is 1. The number of rotatable bonds is 19. The van der Waals surface area contributed by atoms with Crippen molar-refractivity contribution in [1.82, 2.24) is 16.0 Å². The Hall–Kier alpha value is -3.26. The lowest BCUT2D eigenvalue weighted by Crippen LogP contribution is -2.58. The highest BCUT2D eigenvalue weighted by Crippen LogP contribution is 2.11. The maximum Gasteiger partial charge on any atom is 0.326 e. The molecule has 0 saturated heterocycles. The van der Waals surface area contributed by atoms with Crippen LogP contribution in [0.2, 0.25) is 0 Å². The molecule has 36 heavy (non-hydrogen) atoms. The largest absolute Gasteiger partial charge is 0.481 e. The van der Waals surface area contributed by atoms with Crippen LogP contribution in [0.15, 0.2) is 0 Å². The Kier molecular flexibility index (Phi) is 15.7. The Morgan fingerprint density at radius 2 is 1.42 bits per heavy atom. The molecule has 11 N–H and O–H groups in total.